The maximum absolute atomic E-state index is 10.8. The Kier molecular flexibility index (Phi) is 5.97. The minimum atomic E-state index is -3.38. The molecule has 0 aliphatic heterocycles. The first-order chi connectivity index (χ1) is 8.78. The van der Waals surface area contributed by atoms with Crippen LogP contribution in [0.2, 0.25) is 0 Å². The summed E-state index contributed by atoms with van der Waals surface area (Å²) in [6.45, 7) is 6.78. The van der Waals surface area contributed by atoms with Crippen LogP contribution in [0.1, 0.15) is 37.9 Å². The Morgan fingerprint density at radius 2 is 1.74 bits per heavy atom. The van der Waals surface area contributed by atoms with Crippen molar-refractivity contribution in [2.75, 3.05) is 12.3 Å². The second kappa shape index (κ2) is 7.03. The van der Waals surface area contributed by atoms with Gasteiger partial charge in [0.1, 0.15) is 0 Å². The van der Waals surface area contributed by atoms with Gasteiger partial charge in [0.15, 0.2) is 0 Å². The first-order valence-electron chi connectivity index (χ1n) is 6.60. The molecule has 5 heteroatoms. The van der Waals surface area contributed by atoms with Crippen molar-refractivity contribution in [3.63, 3.8) is 0 Å². The molecule has 1 aromatic rings. The van der Waals surface area contributed by atoms with Gasteiger partial charge in [0.05, 0.1) is 5.75 Å². The van der Waals surface area contributed by atoms with Crippen molar-refractivity contribution in [3.8, 4) is 0 Å². The Balaban J connectivity index is 2.51. The van der Waals surface area contributed by atoms with Crippen molar-refractivity contribution in [2.24, 2.45) is 11.1 Å². The van der Waals surface area contributed by atoms with Gasteiger partial charge in [0.25, 0.3) is 0 Å². The summed E-state index contributed by atoms with van der Waals surface area (Å²) in [5.41, 5.74) is 2.48. The smallest absolute Gasteiger partial charge is 0.210 e. The van der Waals surface area contributed by atoms with E-state index in [-0.39, 0.29) is 11.8 Å². The second-order valence-corrected chi connectivity index (χ2v) is 7.12. The van der Waals surface area contributed by atoms with E-state index in [4.69, 9.17) is 5.14 Å². The zero-order chi connectivity index (χ0) is 14.5. The van der Waals surface area contributed by atoms with Crippen LogP contribution in [0.5, 0.6) is 0 Å². The molecule has 0 aromatic heterocycles. The number of nitrogens with two attached hydrogens (primary N) is 1. The van der Waals surface area contributed by atoms with Crippen LogP contribution in [-0.2, 0) is 16.4 Å². The first-order valence-corrected chi connectivity index (χ1v) is 8.32. The summed E-state index contributed by atoms with van der Waals surface area (Å²) in [5.74, 6) is 0.610. The van der Waals surface area contributed by atoms with E-state index in [1.165, 1.54) is 5.56 Å². The van der Waals surface area contributed by atoms with Gasteiger partial charge < -0.3 is 5.32 Å². The van der Waals surface area contributed by atoms with Gasteiger partial charge in [-0.2, -0.15) is 0 Å². The summed E-state index contributed by atoms with van der Waals surface area (Å²) >= 11 is 0. The number of hydrogen-bond donors (Lipinski definition) is 2. The van der Waals surface area contributed by atoms with Gasteiger partial charge in [0.2, 0.25) is 10.0 Å². The fourth-order valence-corrected chi connectivity index (χ4v) is 2.35. The fourth-order valence-electron chi connectivity index (χ4n) is 1.95. The Morgan fingerprint density at radius 1 is 1.16 bits per heavy atom. The minimum Gasteiger partial charge on any atom is -0.309 e. The van der Waals surface area contributed by atoms with Crippen LogP contribution >= 0.6 is 0 Å². The summed E-state index contributed by atoms with van der Waals surface area (Å²) in [6, 6.07) is 8.56. The van der Waals surface area contributed by atoms with Crippen LogP contribution in [0.15, 0.2) is 24.3 Å². The molecule has 0 spiro atoms. The molecule has 19 heavy (non-hydrogen) atoms. The molecule has 0 saturated heterocycles. The molecule has 0 aliphatic rings. The number of rotatable bonds is 7. The number of sulfonamides is 1. The third kappa shape index (κ3) is 6.71. The third-order valence-electron chi connectivity index (χ3n) is 2.96. The van der Waals surface area contributed by atoms with E-state index >= 15 is 0 Å². The molecule has 1 unspecified atom stereocenters. The molecule has 108 valence electrons. The maximum atomic E-state index is 10.8. The van der Waals surface area contributed by atoms with Crippen molar-refractivity contribution < 1.29 is 8.42 Å². The van der Waals surface area contributed by atoms with Crippen LogP contribution in [0.3, 0.4) is 0 Å². The minimum absolute atomic E-state index is 0.0389. The van der Waals surface area contributed by atoms with E-state index in [0.717, 1.165) is 12.0 Å². The quantitative estimate of drug-likeness (QED) is 0.802. The molecule has 4 nitrogen and oxygen atoms in total. The second-order valence-electron chi connectivity index (χ2n) is 5.38. The molecule has 1 rings (SSSR count). The molecule has 1 aromatic carbocycles. The highest BCUT2D eigenvalue weighted by Crippen LogP contribution is 2.15. The average Bonchev–Trinajstić information content (AvgIpc) is 2.27. The molecular formula is C14H24N2O2S. The van der Waals surface area contributed by atoms with E-state index in [0.29, 0.717) is 12.5 Å². The zero-order valence-electron chi connectivity index (χ0n) is 11.9. The standard InChI is InChI=1S/C14H24N2O2S/c1-11(2)10-13-4-6-14(7-5-13)12(3)16-8-9-19(15,17)18/h4-7,11-12,16H,8-10H2,1-3H3,(H2,15,17,18). The lowest BCUT2D eigenvalue weighted by Gasteiger charge is -2.14. The molecule has 3 N–H and O–H groups in total. The highest BCUT2D eigenvalue weighted by atomic mass is 32.2. The summed E-state index contributed by atoms with van der Waals surface area (Å²) in [6.07, 6.45) is 1.08. The molecule has 0 aliphatic carbocycles. The molecule has 0 radical (unpaired) electrons. The van der Waals surface area contributed by atoms with E-state index in [2.05, 4.69) is 43.4 Å². The van der Waals surface area contributed by atoms with Crippen molar-refractivity contribution in [2.45, 2.75) is 33.2 Å². The normalized spacial score (nSPS) is 13.7. The van der Waals surface area contributed by atoms with Crippen molar-refractivity contribution in [3.05, 3.63) is 35.4 Å². The molecule has 0 fully saturated rings. The Bertz CT molecular complexity index is 481. The average molecular weight is 284 g/mol. The molecule has 0 bridgehead atoms. The molecular weight excluding hydrogens is 260 g/mol. The first kappa shape index (κ1) is 16.1. The predicted octanol–water partition coefficient (Wildman–Crippen LogP) is 1.82. The molecule has 1 atom stereocenters. The van der Waals surface area contributed by atoms with Crippen LogP contribution in [-0.4, -0.2) is 20.7 Å². The summed E-state index contributed by atoms with van der Waals surface area (Å²) in [4.78, 5) is 0. The highest BCUT2D eigenvalue weighted by Gasteiger charge is 2.07. The van der Waals surface area contributed by atoms with Crippen LogP contribution in [0.25, 0.3) is 0 Å². The monoisotopic (exact) mass is 284 g/mol. The van der Waals surface area contributed by atoms with Crippen LogP contribution in [0.4, 0.5) is 0 Å². The molecule has 0 heterocycles. The SMILES string of the molecule is CC(C)Cc1ccc(C(C)NCCS(N)(=O)=O)cc1. The van der Waals surface area contributed by atoms with Crippen molar-refractivity contribution in [1.82, 2.24) is 5.32 Å². The molecule has 0 saturated carbocycles. The highest BCUT2D eigenvalue weighted by molar-refractivity contribution is 7.89. The van der Waals surface area contributed by atoms with Gasteiger partial charge in [0, 0.05) is 12.6 Å². The Labute approximate surface area is 116 Å². The van der Waals surface area contributed by atoms with Crippen molar-refractivity contribution >= 4 is 10.0 Å². The van der Waals surface area contributed by atoms with Gasteiger partial charge in [-0.15, -0.1) is 0 Å². The van der Waals surface area contributed by atoms with Gasteiger partial charge in [-0.25, -0.2) is 13.6 Å². The summed E-state index contributed by atoms with van der Waals surface area (Å²) in [7, 11) is -3.38. The zero-order valence-corrected chi connectivity index (χ0v) is 12.7. The largest absolute Gasteiger partial charge is 0.309 e. The predicted molar refractivity (Wildman–Crippen MR) is 79.4 cm³/mol. The van der Waals surface area contributed by atoms with Crippen LogP contribution < -0.4 is 10.5 Å². The van der Waals surface area contributed by atoms with Crippen LogP contribution in [0, 0.1) is 5.92 Å². The lowest BCUT2D eigenvalue weighted by Crippen LogP contribution is -2.28. The van der Waals surface area contributed by atoms with Crippen molar-refractivity contribution in [1.29, 1.82) is 0 Å². The lowest BCUT2D eigenvalue weighted by molar-refractivity contribution is 0.573. The van der Waals surface area contributed by atoms with E-state index in [9.17, 15) is 8.42 Å². The van der Waals surface area contributed by atoms with E-state index < -0.39 is 10.0 Å². The van der Waals surface area contributed by atoms with Gasteiger partial charge in [-0.3, -0.25) is 0 Å². The van der Waals surface area contributed by atoms with Gasteiger partial charge in [-0.1, -0.05) is 38.1 Å². The lowest BCUT2D eigenvalue weighted by atomic mass is 10.00. The maximum Gasteiger partial charge on any atom is 0.210 e. The van der Waals surface area contributed by atoms with Gasteiger partial charge in [-0.05, 0) is 30.4 Å². The third-order valence-corrected chi connectivity index (χ3v) is 3.73. The Morgan fingerprint density at radius 3 is 2.21 bits per heavy atom. The topological polar surface area (TPSA) is 72.2 Å². The number of hydrogen-bond acceptors (Lipinski definition) is 3. The van der Waals surface area contributed by atoms with E-state index in [1.807, 2.05) is 6.92 Å². The van der Waals surface area contributed by atoms with E-state index in [1.54, 1.807) is 0 Å². The molecule has 0 amide bonds. The fraction of sp³-hybridized carbons (Fsp3) is 0.571. The number of nitrogens with one attached hydrogen (secondary N) is 1. The Hall–Kier alpha value is -0.910. The number of primary sulfonamides is 1. The number of benzene rings is 1. The summed E-state index contributed by atoms with van der Waals surface area (Å²) in [5, 5.41) is 8.12. The summed E-state index contributed by atoms with van der Waals surface area (Å²) < 4.78 is 21.7. The van der Waals surface area contributed by atoms with Gasteiger partial charge >= 0.3 is 0 Å².